The molecule has 1 rings (SSSR count). The van der Waals surface area contributed by atoms with Gasteiger partial charge in [-0.25, -0.2) is 16.8 Å². The molecule has 1 heterocycles. The molecule has 15 heavy (non-hydrogen) atoms. The lowest BCUT2D eigenvalue weighted by Crippen LogP contribution is -2.52. The van der Waals surface area contributed by atoms with Gasteiger partial charge in [0.15, 0.2) is 9.84 Å². The van der Waals surface area contributed by atoms with E-state index in [2.05, 4.69) is 0 Å². The van der Waals surface area contributed by atoms with Gasteiger partial charge in [0.05, 0.1) is 10.5 Å². The molecule has 0 aromatic carbocycles. The van der Waals surface area contributed by atoms with Crippen LogP contribution >= 0.6 is 11.6 Å². The molecule has 2 unspecified atom stereocenters. The number of hydrogen-bond acceptors (Lipinski definition) is 4. The maximum absolute atomic E-state index is 11.6. The van der Waals surface area contributed by atoms with Crippen LogP contribution in [-0.4, -0.2) is 49.9 Å². The highest BCUT2D eigenvalue weighted by atomic mass is 35.5. The Hall–Kier alpha value is 0.150. The second-order valence-corrected chi connectivity index (χ2v) is 9.09. The zero-order valence-corrected chi connectivity index (χ0v) is 10.9. The summed E-state index contributed by atoms with van der Waals surface area (Å²) in [6.07, 6.45) is 0. The van der Waals surface area contributed by atoms with Crippen molar-refractivity contribution in [2.75, 3.05) is 18.3 Å². The van der Waals surface area contributed by atoms with Gasteiger partial charge in [0, 0.05) is 13.1 Å². The predicted molar refractivity (Wildman–Crippen MR) is 59.1 cm³/mol. The lowest BCUT2D eigenvalue weighted by molar-refractivity contribution is 0.387. The third-order valence-corrected chi connectivity index (χ3v) is 7.30. The molecule has 1 aliphatic rings. The topological polar surface area (TPSA) is 71.5 Å². The highest BCUT2D eigenvalue weighted by Crippen LogP contribution is 2.21. The molecule has 0 N–H and O–H groups in total. The summed E-state index contributed by atoms with van der Waals surface area (Å²) in [6, 6.07) is 0. The normalized spacial score (nSPS) is 32.7. The molecule has 0 bridgehead atoms. The average Bonchev–Trinajstić information content (AvgIpc) is 2.14. The zero-order chi connectivity index (χ0) is 11.9. The third-order valence-electron chi connectivity index (χ3n) is 2.57. The highest BCUT2D eigenvalue weighted by Gasteiger charge is 2.39. The van der Waals surface area contributed by atoms with Gasteiger partial charge < -0.3 is 0 Å². The van der Waals surface area contributed by atoms with Crippen LogP contribution in [0.4, 0.5) is 0 Å². The third kappa shape index (κ3) is 2.46. The molecule has 0 aliphatic carbocycles. The first-order valence-electron chi connectivity index (χ1n) is 4.48. The van der Waals surface area contributed by atoms with Gasteiger partial charge >= 0.3 is 0 Å². The van der Waals surface area contributed by atoms with Crippen LogP contribution < -0.4 is 0 Å². The number of rotatable bonds is 2. The average molecular weight is 276 g/mol. The summed E-state index contributed by atoms with van der Waals surface area (Å²) in [5.41, 5.74) is 0. The van der Waals surface area contributed by atoms with Gasteiger partial charge in [-0.2, -0.15) is 4.31 Å². The van der Waals surface area contributed by atoms with E-state index in [1.807, 2.05) is 0 Å². The summed E-state index contributed by atoms with van der Waals surface area (Å²) in [7, 11) is -6.69. The van der Waals surface area contributed by atoms with Crippen molar-refractivity contribution >= 4 is 31.5 Å². The Morgan fingerprint density at radius 3 is 2.00 bits per heavy atom. The van der Waals surface area contributed by atoms with Gasteiger partial charge in [-0.15, -0.1) is 11.6 Å². The van der Waals surface area contributed by atoms with Crippen molar-refractivity contribution in [3.63, 3.8) is 0 Å². The summed E-state index contributed by atoms with van der Waals surface area (Å²) in [5, 5.41) is -1.84. The maximum Gasteiger partial charge on any atom is 0.228 e. The van der Waals surface area contributed by atoms with E-state index in [1.165, 1.54) is 13.8 Å². The van der Waals surface area contributed by atoms with Gasteiger partial charge in [0.1, 0.15) is 5.21 Å². The van der Waals surface area contributed by atoms with E-state index in [-0.39, 0.29) is 13.1 Å². The number of nitrogens with zero attached hydrogens (tertiary/aromatic N) is 1. The van der Waals surface area contributed by atoms with E-state index < -0.39 is 35.6 Å². The van der Waals surface area contributed by atoms with Crippen LogP contribution in [0.3, 0.4) is 0 Å². The van der Waals surface area contributed by atoms with E-state index in [1.54, 1.807) is 0 Å². The predicted octanol–water partition coefficient (Wildman–Crippen LogP) is 0.0199. The Morgan fingerprint density at radius 2 is 1.67 bits per heavy atom. The van der Waals surface area contributed by atoms with Crippen molar-refractivity contribution in [1.29, 1.82) is 0 Å². The van der Waals surface area contributed by atoms with Crippen LogP contribution in [0.5, 0.6) is 0 Å². The molecule has 0 spiro atoms. The summed E-state index contributed by atoms with van der Waals surface area (Å²) in [6.45, 7) is 3.03. The number of sulfonamides is 1. The molecule has 0 radical (unpaired) electrons. The van der Waals surface area contributed by atoms with Crippen LogP contribution in [0, 0.1) is 0 Å². The van der Waals surface area contributed by atoms with E-state index in [0.717, 1.165) is 4.31 Å². The summed E-state index contributed by atoms with van der Waals surface area (Å²) < 4.78 is 47.3. The second-order valence-electron chi connectivity index (χ2n) is 3.75. The summed E-state index contributed by atoms with van der Waals surface area (Å²) in [5.74, 6) is 0. The molecule has 0 aromatic rings. The van der Waals surface area contributed by atoms with Crippen molar-refractivity contribution in [1.82, 2.24) is 4.31 Å². The lowest BCUT2D eigenvalue weighted by atomic mass is 10.4. The minimum Gasteiger partial charge on any atom is -0.228 e. The molecule has 5 nitrogen and oxygen atoms in total. The van der Waals surface area contributed by atoms with Gasteiger partial charge in [-0.3, -0.25) is 0 Å². The molecule has 2 atom stereocenters. The number of hydrogen-bond donors (Lipinski definition) is 0. The molecule has 0 amide bonds. The Balaban J connectivity index is 2.97. The van der Waals surface area contributed by atoms with Crippen LogP contribution in [0.2, 0.25) is 0 Å². The van der Waals surface area contributed by atoms with Crippen LogP contribution in [-0.2, 0) is 19.9 Å². The smallest absolute Gasteiger partial charge is 0.228 e. The summed E-state index contributed by atoms with van der Waals surface area (Å²) >= 11 is 5.31. The van der Waals surface area contributed by atoms with Crippen molar-refractivity contribution in [2.45, 2.75) is 24.3 Å². The molecule has 0 aromatic heterocycles. The molecule has 0 saturated carbocycles. The van der Waals surface area contributed by atoms with E-state index in [4.69, 9.17) is 11.6 Å². The number of halogens is 1. The Labute approximate surface area is 95.4 Å². The highest BCUT2D eigenvalue weighted by molar-refractivity contribution is 7.93. The van der Waals surface area contributed by atoms with E-state index in [9.17, 15) is 16.8 Å². The first-order chi connectivity index (χ1) is 6.71. The van der Waals surface area contributed by atoms with Gasteiger partial charge in [-0.1, -0.05) is 0 Å². The Bertz CT molecular complexity index is 412. The van der Waals surface area contributed by atoms with Crippen LogP contribution in [0.15, 0.2) is 0 Å². The first kappa shape index (κ1) is 13.2. The Morgan fingerprint density at radius 1 is 1.27 bits per heavy atom. The zero-order valence-electron chi connectivity index (χ0n) is 8.55. The largest absolute Gasteiger partial charge is 0.228 e. The Kier molecular flexibility index (Phi) is 3.70. The van der Waals surface area contributed by atoms with Crippen molar-refractivity contribution in [3.8, 4) is 0 Å². The summed E-state index contributed by atoms with van der Waals surface area (Å²) in [4.78, 5) is 0. The minimum absolute atomic E-state index is 0.00171. The SMILES string of the molecule is CC1CN(S(=O)(=O)CCl)CC(C)S1(=O)=O. The molecular weight excluding hydrogens is 262 g/mol. The van der Waals surface area contributed by atoms with Crippen molar-refractivity contribution < 1.29 is 16.8 Å². The molecule has 1 aliphatic heterocycles. The lowest BCUT2D eigenvalue weighted by Gasteiger charge is -2.33. The van der Waals surface area contributed by atoms with Crippen LogP contribution in [0.25, 0.3) is 0 Å². The standard InChI is InChI=1S/C7H14ClNO4S2/c1-6-3-9(14(10,11)5-8)4-7(2)15(6,12)13/h6-7H,3-5H2,1-2H3. The minimum atomic E-state index is -3.50. The molecule has 1 saturated heterocycles. The van der Waals surface area contributed by atoms with Gasteiger partial charge in [0.2, 0.25) is 10.0 Å². The van der Waals surface area contributed by atoms with Gasteiger partial charge in [0.25, 0.3) is 0 Å². The van der Waals surface area contributed by atoms with Crippen molar-refractivity contribution in [3.05, 3.63) is 0 Å². The second kappa shape index (κ2) is 4.20. The molecule has 8 heteroatoms. The maximum atomic E-state index is 11.6. The first-order valence-corrected chi connectivity index (χ1v) is 8.23. The molecular formula is C7H14ClNO4S2. The van der Waals surface area contributed by atoms with E-state index in [0.29, 0.717) is 0 Å². The monoisotopic (exact) mass is 275 g/mol. The van der Waals surface area contributed by atoms with Crippen LogP contribution in [0.1, 0.15) is 13.8 Å². The number of alkyl halides is 1. The fourth-order valence-corrected chi connectivity index (χ4v) is 4.76. The quantitative estimate of drug-likeness (QED) is 0.666. The fourth-order valence-electron chi connectivity index (χ4n) is 1.55. The molecule has 1 fully saturated rings. The van der Waals surface area contributed by atoms with E-state index >= 15 is 0 Å². The fraction of sp³-hybridized carbons (Fsp3) is 1.00. The van der Waals surface area contributed by atoms with Gasteiger partial charge in [-0.05, 0) is 13.8 Å². The molecule has 90 valence electrons. The van der Waals surface area contributed by atoms with Crippen molar-refractivity contribution in [2.24, 2.45) is 0 Å². The number of sulfone groups is 1.